The molecule has 0 aliphatic rings. The highest BCUT2D eigenvalue weighted by Crippen LogP contribution is 2.34. The van der Waals surface area contributed by atoms with E-state index in [4.69, 9.17) is 4.74 Å². The van der Waals surface area contributed by atoms with Crippen molar-refractivity contribution in [2.45, 2.75) is 20.0 Å². The monoisotopic (exact) mass is 291 g/mol. The fourth-order valence-electron chi connectivity index (χ4n) is 1.87. The van der Waals surface area contributed by atoms with Crippen molar-refractivity contribution in [3.63, 3.8) is 0 Å². The van der Waals surface area contributed by atoms with E-state index in [2.05, 4.69) is 0 Å². The molecule has 1 N–H and O–H groups in total. The molecule has 0 saturated heterocycles. The van der Waals surface area contributed by atoms with Gasteiger partial charge in [-0.2, -0.15) is 0 Å². The summed E-state index contributed by atoms with van der Waals surface area (Å²) in [6, 6.07) is 8.15. The number of rotatable bonds is 4. The summed E-state index contributed by atoms with van der Waals surface area (Å²) in [6.45, 7) is 3.16. The van der Waals surface area contributed by atoms with Crippen LogP contribution in [0.2, 0.25) is 0 Å². The SMILES string of the molecule is Cc1cc(F)ccc1Oc1ccc([C@H](C)O)cc1[N+](=O)[O-]. The summed E-state index contributed by atoms with van der Waals surface area (Å²) in [6.07, 6.45) is -0.815. The van der Waals surface area contributed by atoms with Crippen LogP contribution in [0.1, 0.15) is 24.2 Å². The van der Waals surface area contributed by atoms with E-state index in [1.165, 1.54) is 37.3 Å². The molecule has 21 heavy (non-hydrogen) atoms. The van der Waals surface area contributed by atoms with Crippen molar-refractivity contribution in [3.8, 4) is 11.5 Å². The van der Waals surface area contributed by atoms with Crippen molar-refractivity contribution in [2.75, 3.05) is 0 Å². The fourth-order valence-corrected chi connectivity index (χ4v) is 1.87. The van der Waals surface area contributed by atoms with Crippen molar-refractivity contribution in [2.24, 2.45) is 0 Å². The van der Waals surface area contributed by atoms with Gasteiger partial charge >= 0.3 is 5.69 Å². The standard InChI is InChI=1S/C15H14FNO4/c1-9-7-12(16)4-6-14(9)21-15-5-3-11(10(2)18)8-13(15)17(19)20/h3-8,10,18H,1-2H3/t10-/m0/s1. The highest BCUT2D eigenvalue weighted by molar-refractivity contribution is 5.51. The van der Waals surface area contributed by atoms with Crippen LogP contribution < -0.4 is 4.74 Å². The molecule has 2 aromatic rings. The largest absolute Gasteiger partial charge is 0.450 e. The second-order valence-electron chi connectivity index (χ2n) is 4.67. The number of nitro benzene ring substituents is 1. The van der Waals surface area contributed by atoms with E-state index in [1.54, 1.807) is 13.0 Å². The molecule has 0 spiro atoms. The highest BCUT2D eigenvalue weighted by Gasteiger charge is 2.19. The minimum absolute atomic E-state index is 0.0408. The maximum atomic E-state index is 13.0. The number of aliphatic hydroxyl groups excluding tert-OH is 1. The first-order chi connectivity index (χ1) is 9.88. The number of nitrogens with zero attached hydrogens (tertiary/aromatic N) is 1. The molecule has 0 unspecified atom stereocenters. The first kappa shape index (κ1) is 14.9. The number of benzene rings is 2. The Morgan fingerprint density at radius 3 is 2.48 bits per heavy atom. The van der Waals surface area contributed by atoms with Gasteiger partial charge in [-0.1, -0.05) is 6.07 Å². The van der Waals surface area contributed by atoms with Crippen LogP contribution in [-0.4, -0.2) is 10.0 Å². The lowest BCUT2D eigenvalue weighted by Crippen LogP contribution is -1.98. The molecule has 5 nitrogen and oxygen atoms in total. The molecular weight excluding hydrogens is 277 g/mol. The van der Waals surface area contributed by atoms with Gasteiger partial charge < -0.3 is 9.84 Å². The minimum atomic E-state index is -0.815. The maximum Gasteiger partial charge on any atom is 0.311 e. The van der Waals surface area contributed by atoms with Crippen LogP contribution in [0.3, 0.4) is 0 Å². The molecule has 0 fully saturated rings. The van der Waals surface area contributed by atoms with E-state index in [1.807, 2.05) is 0 Å². The summed E-state index contributed by atoms with van der Waals surface area (Å²) >= 11 is 0. The lowest BCUT2D eigenvalue weighted by atomic mass is 10.1. The summed E-state index contributed by atoms with van der Waals surface area (Å²) in [5, 5.41) is 20.6. The molecule has 1 atom stereocenters. The van der Waals surface area contributed by atoms with Gasteiger partial charge in [0.25, 0.3) is 0 Å². The molecule has 6 heteroatoms. The summed E-state index contributed by atoms with van der Waals surface area (Å²) in [4.78, 5) is 10.5. The zero-order valence-corrected chi connectivity index (χ0v) is 11.5. The lowest BCUT2D eigenvalue weighted by Gasteiger charge is -2.11. The van der Waals surface area contributed by atoms with Crippen LogP contribution in [-0.2, 0) is 0 Å². The number of halogens is 1. The summed E-state index contributed by atoms with van der Waals surface area (Å²) in [5.74, 6) is -0.0257. The molecule has 0 aromatic heterocycles. The molecule has 0 heterocycles. The Hall–Kier alpha value is -2.47. The zero-order chi connectivity index (χ0) is 15.6. The Balaban J connectivity index is 2.41. The zero-order valence-electron chi connectivity index (χ0n) is 11.5. The summed E-state index contributed by atoms with van der Waals surface area (Å²) < 4.78 is 18.5. The van der Waals surface area contributed by atoms with Gasteiger partial charge in [-0.05, 0) is 49.2 Å². The second kappa shape index (κ2) is 5.88. The van der Waals surface area contributed by atoms with Crippen molar-refractivity contribution in [1.29, 1.82) is 0 Å². The lowest BCUT2D eigenvalue weighted by molar-refractivity contribution is -0.385. The van der Waals surface area contributed by atoms with Crippen LogP contribution in [0, 0.1) is 22.9 Å². The number of aryl methyl sites for hydroxylation is 1. The van der Waals surface area contributed by atoms with Crippen LogP contribution in [0.4, 0.5) is 10.1 Å². The molecule has 2 rings (SSSR count). The third-order valence-corrected chi connectivity index (χ3v) is 3.02. The Labute approximate surface area is 120 Å². The molecule has 2 aromatic carbocycles. The maximum absolute atomic E-state index is 13.0. The Morgan fingerprint density at radius 1 is 1.24 bits per heavy atom. The Bertz CT molecular complexity index is 685. The molecule has 0 bridgehead atoms. The van der Waals surface area contributed by atoms with E-state index in [9.17, 15) is 19.6 Å². The van der Waals surface area contributed by atoms with Gasteiger partial charge in [0.05, 0.1) is 11.0 Å². The van der Waals surface area contributed by atoms with Gasteiger partial charge in [0.1, 0.15) is 11.6 Å². The summed E-state index contributed by atoms with van der Waals surface area (Å²) in [5.41, 5.74) is 0.700. The normalized spacial score (nSPS) is 12.0. The van der Waals surface area contributed by atoms with Crippen molar-refractivity contribution >= 4 is 5.69 Å². The minimum Gasteiger partial charge on any atom is -0.450 e. The van der Waals surface area contributed by atoms with Gasteiger partial charge in [-0.3, -0.25) is 10.1 Å². The molecular formula is C15H14FNO4. The average Bonchev–Trinajstić information content (AvgIpc) is 2.41. The van der Waals surface area contributed by atoms with Gasteiger partial charge in [0, 0.05) is 6.07 Å². The number of ether oxygens (including phenoxy) is 1. The Kier molecular flexibility index (Phi) is 4.18. The van der Waals surface area contributed by atoms with Gasteiger partial charge in [-0.25, -0.2) is 4.39 Å². The molecule has 0 aliphatic heterocycles. The number of nitro groups is 1. The highest BCUT2D eigenvalue weighted by atomic mass is 19.1. The van der Waals surface area contributed by atoms with Crippen LogP contribution in [0.5, 0.6) is 11.5 Å². The first-order valence-electron chi connectivity index (χ1n) is 6.29. The van der Waals surface area contributed by atoms with E-state index < -0.39 is 16.8 Å². The topological polar surface area (TPSA) is 72.6 Å². The third kappa shape index (κ3) is 3.35. The molecule has 0 saturated carbocycles. The quantitative estimate of drug-likeness (QED) is 0.685. The van der Waals surface area contributed by atoms with Gasteiger partial charge in [0.2, 0.25) is 5.75 Å². The van der Waals surface area contributed by atoms with Crippen LogP contribution >= 0.6 is 0 Å². The van der Waals surface area contributed by atoms with E-state index in [0.29, 0.717) is 16.9 Å². The van der Waals surface area contributed by atoms with E-state index >= 15 is 0 Å². The van der Waals surface area contributed by atoms with Crippen molar-refractivity contribution < 1.29 is 19.2 Å². The molecule has 0 amide bonds. The number of hydrogen-bond acceptors (Lipinski definition) is 4. The van der Waals surface area contributed by atoms with Crippen LogP contribution in [0.25, 0.3) is 0 Å². The average molecular weight is 291 g/mol. The fraction of sp³-hybridized carbons (Fsp3) is 0.200. The predicted octanol–water partition coefficient (Wildman–Crippen LogP) is 3.89. The number of hydrogen-bond donors (Lipinski definition) is 1. The number of aliphatic hydroxyl groups is 1. The van der Waals surface area contributed by atoms with Crippen molar-refractivity contribution in [1.82, 2.24) is 0 Å². The molecule has 0 radical (unpaired) electrons. The Morgan fingerprint density at radius 2 is 1.90 bits per heavy atom. The van der Waals surface area contributed by atoms with E-state index in [-0.39, 0.29) is 11.4 Å². The molecule has 0 aliphatic carbocycles. The molecule has 110 valence electrons. The van der Waals surface area contributed by atoms with Crippen molar-refractivity contribution in [3.05, 3.63) is 63.5 Å². The third-order valence-electron chi connectivity index (χ3n) is 3.02. The van der Waals surface area contributed by atoms with Gasteiger partial charge in [0.15, 0.2) is 0 Å². The second-order valence-corrected chi connectivity index (χ2v) is 4.67. The first-order valence-corrected chi connectivity index (χ1v) is 6.29. The van der Waals surface area contributed by atoms with Gasteiger partial charge in [-0.15, -0.1) is 0 Å². The predicted molar refractivity (Wildman–Crippen MR) is 74.9 cm³/mol. The van der Waals surface area contributed by atoms with E-state index in [0.717, 1.165) is 0 Å². The summed E-state index contributed by atoms with van der Waals surface area (Å²) in [7, 11) is 0. The van der Waals surface area contributed by atoms with Crippen LogP contribution in [0.15, 0.2) is 36.4 Å². The smallest absolute Gasteiger partial charge is 0.311 e.